The zero-order valence-corrected chi connectivity index (χ0v) is 13.2. The van der Waals surface area contributed by atoms with Crippen molar-refractivity contribution < 1.29 is 4.74 Å². The van der Waals surface area contributed by atoms with Crippen LogP contribution in [0.1, 0.15) is 19.4 Å². The second-order valence-electron chi connectivity index (χ2n) is 5.30. The number of morpholine rings is 1. The molecular weight excluding hydrogens is 272 g/mol. The first-order valence-corrected chi connectivity index (χ1v) is 7.92. The zero-order valence-electron chi connectivity index (χ0n) is 12.4. The Balaban J connectivity index is 2.02. The van der Waals surface area contributed by atoms with Crippen molar-refractivity contribution in [2.45, 2.75) is 32.4 Å². The van der Waals surface area contributed by atoms with Gasteiger partial charge >= 0.3 is 0 Å². The fraction of sp³-hybridized carbons (Fsp3) is 0.625. The Morgan fingerprint density at radius 2 is 2.30 bits per heavy atom. The lowest BCUT2D eigenvalue weighted by atomic mass is 10.00. The Morgan fingerprint density at radius 1 is 1.45 bits per heavy atom. The molecule has 1 aliphatic rings. The summed E-state index contributed by atoms with van der Waals surface area (Å²) in [5, 5.41) is 4.37. The summed E-state index contributed by atoms with van der Waals surface area (Å²) in [4.78, 5) is 2.45. The third-order valence-corrected chi connectivity index (χ3v) is 4.12. The molecule has 1 aliphatic heterocycles. The van der Waals surface area contributed by atoms with Gasteiger partial charge in [-0.1, -0.05) is 37.6 Å². The number of hydrogen-bond acceptors (Lipinski definition) is 3. The monoisotopic (exact) mass is 296 g/mol. The molecule has 112 valence electrons. The topological polar surface area (TPSA) is 24.5 Å². The van der Waals surface area contributed by atoms with Crippen molar-refractivity contribution in [2.75, 3.05) is 32.8 Å². The van der Waals surface area contributed by atoms with E-state index in [0.29, 0.717) is 6.04 Å². The summed E-state index contributed by atoms with van der Waals surface area (Å²) in [6.07, 6.45) is 1.21. The van der Waals surface area contributed by atoms with E-state index in [1.54, 1.807) is 0 Å². The van der Waals surface area contributed by atoms with Gasteiger partial charge in [-0.2, -0.15) is 0 Å². The Labute approximate surface area is 127 Å². The van der Waals surface area contributed by atoms with Gasteiger partial charge in [-0.25, -0.2) is 0 Å². The maximum Gasteiger partial charge on any atom is 0.0858 e. The molecule has 1 N–H and O–H groups in total. The SMILES string of the molecule is CCNC(Cc1cccc(Cl)c1)C1CN(CC)CCO1. The highest BCUT2D eigenvalue weighted by molar-refractivity contribution is 6.30. The Morgan fingerprint density at radius 3 is 3.00 bits per heavy atom. The first-order valence-electron chi connectivity index (χ1n) is 7.54. The molecule has 2 rings (SSSR count). The fourth-order valence-electron chi connectivity index (χ4n) is 2.78. The van der Waals surface area contributed by atoms with Gasteiger partial charge in [0.2, 0.25) is 0 Å². The van der Waals surface area contributed by atoms with Gasteiger partial charge in [0.05, 0.1) is 12.7 Å². The Hall–Kier alpha value is -0.610. The summed E-state index contributed by atoms with van der Waals surface area (Å²) in [5.41, 5.74) is 1.26. The number of nitrogens with one attached hydrogen (secondary N) is 1. The van der Waals surface area contributed by atoms with E-state index in [1.165, 1.54) is 5.56 Å². The molecule has 0 amide bonds. The number of benzene rings is 1. The van der Waals surface area contributed by atoms with Crippen LogP contribution in [0, 0.1) is 0 Å². The molecule has 2 atom stereocenters. The van der Waals surface area contributed by atoms with Crippen molar-refractivity contribution in [3.05, 3.63) is 34.9 Å². The smallest absolute Gasteiger partial charge is 0.0858 e. The lowest BCUT2D eigenvalue weighted by molar-refractivity contribution is -0.0445. The van der Waals surface area contributed by atoms with Gasteiger partial charge in [-0.3, -0.25) is 4.90 Å². The third-order valence-electron chi connectivity index (χ3n) is 3.88. The van der Waals surface area contributed by atoms with Crippen LogP contribution in [0.3, 0.4) is 0 Å². The molecule has 0 spiro atoms. The second kappa shape index (κ2) is 7.99. The van der Waals surface area contributed by atoms with E-state index in [0.717, 1.165) is 44.2 Å². The normalized spacial score (nSPS) is 21.9. The Bertz CT molecular complexity index is 413. The van der Waals surface area contributed by atoms with Gasteiger partial charge in [0.25, 0.3) is 0 Å². The quantitative estimate of drug-likeness (QED) is 0.873. The van der Waals surface area contributed by atoms with E-state index < -0.39 is 0 Å². The number of likely N-dealkylation sites (N-methyl/N-ethyl adjacent to an activating group) is 2. The summed E-state index contributed by atoms with van der Waals surface area (Å²) in [5.74, 6) is 0. The predicted molar refractivity (Wildman–Crippen MR) is 84.5 cm³/mol. The first-order chi connectivity index (χ1) is 9.72. The van der Waals surface area contributed by atoms with E-state index in [9.17, 15) is 0 Å². The van der Waals surface area contributed by atoms with Gasteiger partial charge < -0.3 is 10.1 Å². The largest absolute Gasteiger partial charge is 0.374 e. The van der Waals surface area contributed by atoms with E-state index >= 15 is 0 Å². The Kier molecular flexibility index (Phi) is 6.30. The van der Waals surface area contributed by atoms with Crippen molar-refractivity contribution >= 4 is 11.6 Å². The van der Waals surface area contributed by atoms with Gasteiger partial charge in [0.1, 0.15) is 0 Å². The average molecular weight is 297 g/mol. The molecule has 1 aromatic rings. The molecule has 0 aromatic heterocycles. The maximum absolute atomic E-state index is 6.08. The summed E-state index contributed by atoms with van der Waals surface area (Å²) in [6.45, 7) is 9.29. The van der Waals surface area contributed by atoms with E-state index in [1.807, 2.05) is 18.2 Å². The maximum atomic E-state index is 6.08. The molecule has 1 fully saturated rings. The minimum atomic E-state index is 0.252. The molecular formula is C16H25ClN2O. The summed E-state index contributed by atoms with van der Waals surface area (Å²) >= 11 is 6.08. The van der Waals surface area contributed by atoms with Crippen LogP contribution in [0.25, 0.3) is 0 Å². The summed E-state index contributed by atoms with van der Waals surface area (Å²) in [7, 11) is 0. The number of hydrogen-bond donors (Lipinski definition) is 1. The van der Waals surface area contributed by atoms with Gasteiger partial charge in [-0.05, 0) is 37.2 Å². The molecule has 0 aliphatic carbocycles. The molecule has 1 aromatic carbocycles. The number of halogens is 1. The van der Waals surface area contributed by atoms with Crippen LogP contribution in [0.5, 0.6) is 0 Å². The number of ether oxygens (including phenoxy) is 1. The molecule has 4 heteroatoms. The standard InChI is InChI=1S/C16H25ClN2O/c1-3-18-15(11-13-6-5-7-14(17)10-13)16-12-19(4-2)8-9-20-16/h5-7,10,15-16,18H,3-4,8-9,11-12H2,1-2H3. The average Bonchev–Trinajstić information content (AvgIpc) is 2.47. The number of rotatable bonds is 6. The van der Waals surface area contributed by atoms with Gasteiger partial charge in [0.15, 0.2) is 0 Å². The van der Waals surface area contributed by atoms with Crippen molar-refractivity contribution in [1.82, 2.24) is 10.2 Å². The highest BCUT2D eigenvalue weighted by Crippen LogP contribution is 2.16. The summed E-state index contributed by atoms with van der Waals surface area (Å²) < 4.78 is 5.99. The second-order valence-corrected chi connectivity index (χ2v) is 5.74. The summed E-state index contributed by atoms with van der Waals surface area (Å²) in [6, 6.07) is 8.46. The third kappa shape index (κ3) is 4.45. The molecule has 1 heterocycles. The van der Waals surface area contributed by atoms with Crippen molar-refractivity contribution in [3.63, 3.8) is 0 Å². The lowest BCUT2D eigenvalue weighted by Gasteiger charge is -2.37. The zero-order chi connectivity index (χ0) is 14.4. The highest BCUT2D eigenvalue weighted by atomic mass is 35.5. The van der Waals surface area contributed by atoms with Crippen molar-refractivity contribution in [1.29, 1.82) is 0 Å². The highest BCUT2D eigenvalue weighted by Gasteiger charge is 2.27. The molecule has 0 bridgehead atoms. The van der Waals surface area contributed by atoms with Crippen LogP contribution >= 0.6 is 11.6 Å². The lowest BCUT2D eigenvalue weighted by Crippen LogP contribution is -2.53. The molecule has 2 unspecified atom stereocenters. The van der Waals surface area contributed by atoms with E-state index in [-0.39, 0.29) is 6.10 Å². The van der Waals surface area contributed by atoms with Gasteiger partial charge in [0, 0.05) is 24.2 Å². The molecule has 0 radical (unpaired) electrons. The van der Waals surface area contributed by atoms with E-state index in [4.69, 9.17) is 16.3 Å². The van der Waals surface area contributed by atoms with Crippen molar-refractivity contribution in [3.8, 4) is 0 Å². The van der Waals surface area contributed by atoms with Crippen LogP contribution in [0.4, 0.5) is 0 Å². The van der Waals surface area contributed by atoms with Crippen LogP contribution < -0.4 is 5.32 Å². The van der Waals surface area contributed by atoms with Crippen LogP contribution in [-0.4, -0.2) is 49.8 Å². The molecule has 0 saturated carbocycles. The van der Waals surface area contributed by atoms with E-state index in [2.05, 4.69) is 30.1 Å². The molecule has 3 nitrogen and oxygen atoms in total. The minimum absolute atomic E-state index is 0.252. The minimum Gasteiger partial charge on any atom is -0.374 e. The molecule has 1 saturated heterocycles. The fourth-order valence-corrected chi connectivity index (χ4v) is 2.99. The van der Waals surface area contributed by atoms with Crippen LogP contribution in [0.2, 0.25) is 5.02 Å². The predicted octanol–water partition coefficient (Wildman–Crippen LogP) is 2.58. The van der Waals surface area contributed by atoms with Crippen molar-refractivity contribution in [2.24, 2.45) is 0 Å². The molecule has 20 heavy (non-hydrogen) atoms. The first kappa shape index (κ1) is 15.8. The van der Waals surface area contributed by atoms with Gasteiger partial charge in [-0.15, -0.1) is 0 Å². The van der Waals surface area contributed by atoms with Crippen LogP contribution in [-0.2, 0) is 11.2 Å². The number of nitrogens with zero attached hydrogens (tertiary/aromatic N) is 1. The van der Waals surface area contributed by atoms with Crippen LogP contribution in [0.15, 0.2) is 24.3 Å².